The fourth-order valence-corrected chi connectivity index (χ4v) is 4.22. The van der Waals surface area contributed by atoms with E-state index >= 15 is 0 Å². The van der Waals surface area contributed by atoms with Gasteiger partial charge in [-0.25, -0.2) is 4.39 Å². The Bertz CT molecular complexity index is 449. The largest absolute Gasteiger partial charge is 0.389 e. The number of hydrogen-bond acceptors (Lipinski definition) is 2. The summed E-state index contributed by atoms with van der Waals surface area (Å²) in [4.78, 5) is 0. The van der Waals surface area contributed by atoms with Crippen LogP contribution in [0.1, 0.15) is 25.8 Å². The maximum atomic E-state index is 13.0. The molecule has 2 rings (SSSR count). The van der Waals surface area contributed by atoms with Gasteiger partial charge in [-0.1, -0.05) is 31.5 Å². The monoisotopic (exact) mass is 288 g/mol. The number of hydrogen-bond donors (Lipinski definition) is 1. The van der Waals surface area contributed by atoms with Gasteiger partial charge in [0.1, 0.15) is 5.82 Å². The first-order valence-corrected chi connectivity index (χ1v) is 7.57. The van der Waals surface area contributed by atoms with Crippen LogP contribution in [0.5, 0.6) is 0 Å². The van der Waals surface area contributed by atoms with Crippen LogP contribution in [0.15, 0.2) is 18.2 Å². The maximum Gasteiger partial charge on any atom is 0.124 e. The van der Waals surface area contributed by atoms with E-state index in [1.165, 1.54) is 12.1 Å². The predicted molar refractivity (Wildman–Crippen MR) is 75.8 cm³/mol. The predicted octanol–water partition coefficient (Wildman–Crippen LogP) is 3.92. The Morgan fingerprint density at radius 2 is 2.11 bits per heavy atom. The number of benzene rings is 1. The molecule has 4 heteroatoms. The highest BCUT2D eigenvalue weighted by molar-refractivity contribution is 7.99. The van der Waals surface area contributed by atoms with Crippen molar-refractivity contribution in [3.8, 4) is 0 Å². The molecule has 0 saturated carbocycles. The van der Waals surface area contributed by atoms with E-state index in [0.29, 0.717) is 17.2 Å². The van der Waals surface area contributed by atoms with E-state index in [1.54, 1.807) is 17.8 Å². The zero-order valence-corrected chi connectivity index (χ0v) is 12.2. The zero-order valence-electron chi connectivity index (χ0n) is 10.7. The summed E-state index contributed by atoms with van der Waals surface area (Å²) in [5.41, 5.74) is 0.205. The molecule has 1 saturated heterocycles. The molecule has 0 spiro atoms. The summed E-state index contributed by atoms with van der Waals surface area (Å²) >= 11 is 7.79. The Labute approximate surface area is 117 Å². The van der Waals surface area contributed by atoms with Crippen molar-refractivity contribution in [2.45, 2.75) is 32.3 Å². The molecule has 0 bridgehead atoms. The molecule has 1 aromatic carbocycles. The normalized spacial score (nSPS) is 27.2. The van der Waals surface area contributed by atoms with Crippen LogP contribution in [-0.4, -0.2) is 22.2 Å². The minimum absolute atomic E-state index is 0.129. The quantitative estimate of drug-likeness (QED) is 0.890. The van der Waals surface area contributed by atoms with Crippen molar-refractivity contribution < 1.29 is 9.50 Å². The van der Waals surface area contributed by atoms with Crippen LogP contribution >= 0.6 is 23.4 Å². The van der Waals surface area contributed by atoms with Gasteiger partial charge in [0.25, 0.3) is 0 Å². The van der Waals surface area contributed by atoms with Gasteiger partial charge in [-0.3, -0.25) is 0 Å². The van der Waals surface area contributed by atoms with Gasteiger partial charge in [0.2, 0.25) is 0 Å². The van der Waals surface area contributed by atoms with Crippen LogP contribution in [0.3, 0.4) is 0 Å². The van der Waals surface area contributed by atoms with Gasteiger partial charge in [0, 0.05) is 17.2 Å². The van der Waals surface area contributed by atoms with Crippen molar-refractivity contribution in [3.05, 3.63) is 34.6 Å². The standard InChI is InChI=1S/C14H18ClFOS/c1-13(2)7-14(17,9-18-8-13)6-10-3-4-11(16)5-12(10)15/h3-5,17H,6-9H2,1-2H3. The first-order valence-electron chi connectivity index (χ1n) is 6.04. The average molecular weight is 289 g/mol. The van der Waals surface area contributed by atoms with E-state index in [1.807, 2.05) is 0 Å². The highest BCUT2D eigenvalue weighted by Gasteiger charge is 2.39. The minimum Gasteiger partial charge on any atom is -0.389 e. The summed E-state index contributed by atoms with van der Waals surface area (Å²) in [5, 5.41) is 11.1. The molecule has 1 aromatic rings. The lowest BCUT2D eigenvalue weighted by atomic mass is 9.79. The Kier molecular flexibility index (Phi) is 3.96. The molecule has 1 N–H and O–H groups in total. The number of halogens is 2. The van der Waals surface area contributed by atoms with Crippen molar-refractivity contribution in [1.29, 1.82) is 0 Å². The molecular formula is C14H18ClFOS. The molecule has 1 aliphatic heterocycles. The Morgan fingerprint density at radius 1 is 1.39 bits per heavy atom. The fourth-order valence-electron chi connectivity index (χ4n) is 2.64. The lowest BCUT2D eigenvalue weighted by Gasteiger charge is -2.41. The second-order valence-corrected chi connectivity index (χ2v) is 7.36. The summed E-state index contributed by atoms with van der Waals surface area (Å²) in [7, 11) is 0. The third kappa shape index (κ3) is 3.40. The SMILES string of the molecule is CC1(C)CSCC(O)(Cc2ccc(F)cc2Cl)C1. The first kappa shape index (κ1) is 14.2. The molecule has 0 amide bonds. The van der Waals surface area contributed by atoms with Gasteiger partial charge >= 0.3 is 0 Å². The second kappa shape index (κ2) is 5.03. The van der Waals surface area contributed by atoms with Crippen LogP contribution in [0.25, 0.3) is 0 Å². The van der Waals surface area contributed by atoms with Crippen molar-refractivity contribution in [2.24, 2.45) is 5.41 Å². The smallest absolute Gasteiger partial charge is 0.124 e. The summed E-state index contributed by atoms with van der Waals surface area (Å²) < 4.78 is 13.0. The Hall–Kier alpha value is -0.250. The topological polar surface area (TPSA) is 20.2 Å². The first-order chi connectivity index (χ1) is 8.30. The van der Waals surface area contributed by atoms with E-state index in [4.69, 9.17) is 11.6 Å². The van der Waals surface area contributed by atoms with Crippen LogP contribution < -0.4 is 0 Å². The summed E-state index contributed by atoms with van der Waals surface area (Å²) in [5.74, 6) is 1.44. The van der Waals surface area contributed by atoms with E-state index in [9.17, 15) is 9.50 Å². The molecule has 0 aromatic heterocycles. The van der Waals surface area contributed by atoms with Gasteiger partial charge < -0.3 is 5.11 Å². The zero-order chi connectivity index (χ0) is 13.4. The highest BCUT2D eigenvalue weighted by atomic mass is 35.5. The molecule has 1 nitrogen and oxygen atoms in total. The molecule has 0 radical (unpaired) electrons. The fraction of sp³-hybridized carbons (Fsp3) is 0.571. The summed E-state index contributed by atoms with van der Waals surface area (Å²) in [6.45, 7) is 4.33. The summed E-state index contributed by atoms with van der Waals surface area (Å²) in [6.07, 6.45) is 1.24. The Morgan fingerprint density at radius 3 is 2.72 bits per heavy atom. The molecular weight excluding hydrogens is 271 g/mol. The number of thioether (sulfide) groups is 1. The number of rotatable bonds is 2. The third-order valence-electron chi connectivity index (χ3n) is 3.21. The molecule has 1 unspecified atom stereocenters. The molecule has 18 heavy (non-hydrogen) atoms. The van der Waals surface area contributed by atoms with Crippen LogP contribution in [-0.2, 0) is 6.42 Å². The van der Waals surface area contributed by atoms with Crippen molar-refractivity contribution in [3.63, 3.8) is 0 Å². The minimum atomic E-state index is -0.742. The van der Waals surface area contributed by atoms with Crippen LogP contribution in [0.2, 0.25) is 5.02 Å². The summed E-state index contributed by atoms with van der Waals surface area (Å²) in [6, 6.07) is 4.37. The van der Waals surface area contributed by atoms with Gasteiger partial charge in [-0.05, 0) is 35.3 Å². The van der Waals surface area contributed by atoms with Crippen LogP contribution in [0, 0.1) is 11.2 Å². The van der Waals surface area contributed by atoms with E-state index in [2.05, 4.69) is 13.8 Å². The van der Waals surface area contributed by atoms with Crippen LogP contribution in [0.4, 0.5) is 4.39 Å². The molecule has 0 aliphatic carbocycles. The molecule has 100 valence electrons. The molecule has 1 aliphatic rings. The maximum absolute atomic E-state index is 13.0. The third-order valence-corrected chi connectivity index (χ3v) is 5.28. The highest BCUT2D eigenvalue weighted by Crippen LogP contribution is 2.41. The van der Waals surface area contributed by atoms with Gasteiger partial charge in [0.15, 0.2) is 0 Å². The average Bonchev–Trinajstić information content (AvgIpc) is 2.20. The van der Waals surface area contributed by atoms with E-state index in [-0.39, 0.29) is 11.2 Å². The van der Waals surface area contributed by atoms with Crippen molar-refractivity contribution in [2.75, 3.05) is 11.5 Å². The van der Waals surface area contributed by atoms with Gasteiger partial charge in [0.05, 0.1) is 5.60 Å². The van der Waals surface area contributed by atoms with E-state index < -0.39 is 5.60 Å². The lowest BCUT2D eigenvalue weighted by molar-refractivity contribution is 0.0200. The second-order valence-electron chi connectivity index (χ2n) is 5.97. The molecule has 1 fully saturated rings. The van der Waals surface area contributed by atoms with Crippen molar-refractivity contribution in [1.82, 2.24) is 0 Å². The van der Waals surface area contributed by atoms with E-state index in [0.717, 1.165) is 17.7 Å². The number of aliphatic hydroxyl groups is 1. The van der Waals surface area contributed by atoms with Gasteiger partial charge in [-0.2, -0.15) is 11.8 Å². The lowest BCUT2D eigenvalue weighted by Crippen LogP contribution is -2.44. The van der Waals surface area contributed by atoms with Gasteiger partial charge in [-0.15, -0.1) is 0 Å². The molecule has 1 heterocycles. The molecule has 1 atom stereocenters. The Balaban J connectivity index is 2.17. The van der Waals surface area contributed by atoms with Crippen molar-refractivity contribution >= 4 is 23.4 Å².